The third-order valence-corrected chi connectivity index (χ3v) is 6.38. The lowest BCUT2D eigenvalue weighted by molar-refractivity contribution is -0.117. The molecule has 1 unspecified atom stereocenters. The second-order valence-electron chi connectivity index (χ2n) is 5.95. The number of aromatic nitrogens is 1. The lowest BCUT2D eigenvalue weighted by atomic mass is 10.2. The quantitative estimate of drug-likeness (QED) is 0.883. The summed E-state index contributed by atoms with van der Waals surface area (Å²) in [5.41, 5.74) is 1.25. The van der Waals surface area contributed by atoms with E-state index in [1.165, 1.54) is 35.3 Å². The number of nitrogens with zero attached hydrogens (tertiary/aromatic N) is 2. The van der Waals surface area contributed by atoms with Crippen LogP contribution in [-0.4, -0.2) is 32.0 Å². The second-order valence-corrected chi connectivity index (χ2v) is 8.84. The molecule has 0 saturated heterocycles. The van der Waals surface area contributed by atoms with E-state index in [0.29, 0.717) is 23.1 Å². The van der Waals surface area contributed by atoms with Crippen molar-refractivity contribution < 1.29 is 17.9 Å². The average molecular weight is 381 g/mol. The first-order valence-electron chi connectivity index (χ1n) is 7.73. The molecule has 7 nitrogen and oxygen atoms in total. The van der Waals surface area contributed by atoms with E-state index in [4.69, 9.17) is 4.74 Å². The molecule has 0 aliphatic carbocycles. The summed E-state index contributed by atoms with van der Waals surface area (Å²) in [4.78, 5) is 18.6. The number of benzene rings is 1. The van der Waals surface area contributed by atoms with Crippen molar-refractivity contribution in [2.45, 2.75) is 38.7 Å². The molecule has 1 amide bonds. The molecule has 0 fully saturated rings. The summed E-state index contributed by atoms with van der Waals surface area (Å²) in [7, 11) is -3.81. The average Bonchev–Trinajstić information content (AvgIpc) is 2.82. The van der Waals surface area contributed by atoms with Crippen molar-refractivity contribution in [2.75, 3.05) is 16.2 Å². The molecule has 2 heterocycles. The van der Waals surface area contributed by atoms with Gasteiger partial charge in [0.15, 0.2) is 5.13 Å². The van der Waals surface area contributed by atoms with Crippen LogP contribution in [0.15, 0.2) is 23.1 Å². The summed E-state index contributed by atoms with van der Waals surface area (Å²) in [6.45, 7) is 7.39. The van der Waals surface area contributed by atoms with Gasteiger partial charge in [0.25, 0.3) is 10.0 Å². The fourth-order valence-electron chi connectivity index (χ4n) is 2.57. The van der Waals surface area contributed by atoms with Crippen molar-refractivity contribution in [2.24, 2.45) is 0 Å². The number of ether oxygens (including phenoxy) is 1. The van der Waals surface area contributed by atoms with Gasteiger partial charge >= 0.3 is 0 Å². The van der Waals surface area contributed by atoms with Gasteiger partial charge in [0, 0.05) is 11.8 Å². The molecule has 2 aromatic rings. The van der Waals surface area contributed by atoms with Gasteiger partial charge in [-0.25, -0.2) is 13.4 Å². The molecular weight excluding hydrogens is 362 g/mol. The Morgan fingerprint density at radius 2 is 2.12 bits per heavy atom. The monoisotopic (exact) mass is 381 g/mol. The van der Waals surface area contributed by atoms with E-state index >= 15 is 0 Å². The zero-order valence-corrected chi connectivity index (χ0v) is 16.0. The van der Waals surface area contributed by atoms with Crippen LogP contribution in [0, 0.1) is 13.8 Å². The minimum Gasteiger partial charge on any atom is -0.487 e. The zero-order chi connectivity index (χ0) is 18.4. The van der Waals surface area contributed by atoms with E-state index in [1.54, 1.807) is 6.07 Å². The largest absolute Gasteiger partial charge is 0.487 e. The summed E-state index contributed by atoms with van der Waals surface area (Å²) in [6.07, 6.45) is -0.154. The van der Waals surface area contributed by atoms with E-state index in [1.807, 2.05) is 20.8 Å². The van der Waals surface area contributed by atoms with Gasteiger partial charge in [-0.2, -0.15) is 0 Å². The van der Waals surface area contributed by atoms with Crippen molar-refractivity contribution in [3.63, 3.8) is 0 Å². The van der Waals surface area contributed by atoms with Crippen LogP contribution in [0.4, 0.5) is 10.8 Å². The number of anilines is 2. The number of hydrogen-bond donors (Lipinski definition) is 1. The fraction of sp³-hybridized carbons (Fsp3) is 0.375. The maximum Gasteiger partial charge on any atom is 0.263 e. The summed E-state index contributed by atoms with van der Waals surface area (Å²) in [5.74, 6) is 0.332. The van der Waals surface area contributed by atoms with Crippen LogP contribution >= 0.6 is 11.3 Å². The van der Waals surface area contributed by atoms with Gasteiger partial charge in [-0.1, -0.05) is 0 Å². The fourth-order valence-corrected chi connectivity index (χ4v) is 4.64. The molecule has 1 aromatic heterocycles. The second kappa shape index (κ2) is 6.30. The van der Waals surface area contributed by atoms with Gasteiger partial charge in [-0.05, 0) is 39.0 Å². The standard InChI is InChI=1S/C16H19N3O4S2/c1-9-8-19(12(4)20)14-7-13(5-6-15(14)23-9)25(21,22)18-16-17-10(2)11(3)24-16/h5-7,9H,8H2,1-4H3,(H,17,18). The highest BCUT2D eigenvalue weighted by Gasteiger charge is 2.28. The van der Waals surface area contributed by atoms with Crippen molar-refractivity contribution in [1.82, 2.24) is 4.98 Å². The number of carbonyl (C=O) groups is 1. The van der Waals surface area contributed by atoms with Gasteiger partial charge in [-0.3, -0.25) is 9.52 Å². The number of rotatable bonds is 3. The van der Waals surface area contributed by atoms with Gasteiger partial charge in [0.2, 0.25) is 5.91 Å². The number of thiazole rings is 1. The minimum atomic E-state index is -3.81. The number of fused-ring (bicyclic) bond motifs is 1. The molecular formula is C16H19N3O4S2. The van der Waals surface area contributed by atoms with Crippen molar-refractivity contribution in [3.05, 3.63) is 28.8 Å². The summed E-state index contributed by atoms with van der Waals surface area (Å²) < 4.78 is 33.5. The third kappa shape index (κ3) is 3.47. The van der Waals surface area contributed by atoms with E-state index in [0.717, 1.165) is 10.6 Å². The molecule has 1 atom stereocenters. The minimum absolute atomic E-state index is 0.0566. The normalized spacial score (nSPS) is 17.0. The highest BCUT2D eigenvalue weighted by molar-refractivity contribution is 7.93. The van der Waals surface area contributed by atoms with Crippen LogP contribution in [0.5, 0.6) is 5.75 Å². The highest BCUT2D eigenvalue weighted by atomic mass is 32.2. The molecule has 3 rings (SSSR count). The summed E-state index contributed by atoms with van der Waals surface area (Å²) >= 11 is 1.28. The van der Waals surface area contributed by atoms with Crippen LogP contribution in [0.3, 0.4) is 0 Å². The van der Waals surface area contributed by atoms with Gasteiger partial charge < -0.3 is 9.64 Å². The van der Waals surface area contributed by atoms with Crippen molar-refractivity contribution in [3.8, 4) is 5.75 Å². The maximum atomic E-state index is 12.7. The van der Waals surface area contributed by atoms with Gasteiger partial charge in [-0.15, -0.1) is 11.3 Å². The van der Waals surface area contributed by atoms with Crippen molar-refractivity contribution in [1.29, 1.82) is 0 Å². The first-order valence-corrected chi connectivity index (χ1v) is 10.0. The third-order valence-electron chi connectivity index (χ3n) is 3.93. The lowest BCUT2D eigenvalue weighted by Gasteiger charge is -2.33. The van der Waals surface area contributed by atoms with Gasteiger partial charge in [0.05, 0.1) is 22.8 Å². The number of nitrogens with one attached hydrogen (secondary N) is 1. The number of sulfonamides is 1. The van der Waals surface area contributed by atoms with E-state index in [9.17, 15) is 13.2 Å². The predicted molar refractivity (Wildman–Crippen MR) is 97.0 cm³/mol. The number of carbonyl (C=O) groups excluding carboxylic acids is 1. The zero-order valence-electron chi connectivity index (χ0n) is 14.4. The van der Waals surface area contributed by atoms with Crippen molar-refractivity contribution >= 4 is 38.1 Å². The molecule has 9 heteroatoms. The van der Waals surface area contributed by atoms with E-state index < -0.39 is 10.0 Å². The smallest absolute Gasteiger partial charge is 0.263 e. The SMILES string of the molecule is CC(=O)N1CC(C)Oc2ccc(S(=O)(=O)Nc3nc(C)c(C)s3)cc21. The molecule has 0 saturated carbocycles. The molecule has 1 aliphatic heterocycles. The maximum absolute atomic E-state index is 12.7. The molecule has 1 N–H and O–H groups in total. The van der Waals surface area contributed by atoms with Crippen LogP contribution in [0.2, 0.25) is 0 Å². The lowest BCUT2D eigenvalue weighted by Crippen LogP contribution is -2.41. The summed E-state index contributed by atoms with van der Waals surface area (Å²) in [6, 6.07) is 4.50. The number of amides is 1. The Balaban J connectivity index is 1.97. The highest BCUT2D eigenvalue weighted by Crippen LogP contribution is 2.36. The summed E-state index contributed by atoms with van der Waals surface area (Å²) in [5, 5.41) is 0.320. The van der Waals surface area contributed by atoms with Crippen LogP contribution < -0.4 is 14.4 Å². The predicted octanol–water partition coefficient (Wildman–Crippen LogP) is 2.69. The Labute approximate surface area is 150 Å². The molecule has 0 bridgehead atoms. The Bertz CT molecular complexity index is 917. The Morgan fingerprint density at radius 3 is 2.72 bits per heavy atom. The number of aryl methyl sites for hydroxylation is 2. The Kier molecular flexibility index (Phi) is 4.46. The molecule has 25 heavy (non-hydrogen) atoms. The molecule has 0 radical (unpaired) electrons. The molecule has 134 valence electrons. The molecule has 0 spiro atoms. The van der Waals surface area contributed by atoms with Crippen LogP contribution in [0.25, 0.3) is 0 Å². The van der Waals surface area contributed by atoms with Crippen LogP contribution in [0.1, 0.15) is 24.4 Å². The molecule has 1 aromatic carbocycles. The molecule has 1 aliphatic rings. The number of hydrogen-bond acceptors (Lipinski definition) is 6. The Morgan fingerprint density at radius 1 is 1.40 bits per heavy atom. The Hall–Kier alpha value is -2.13. The van der Waals surface area contributed by atoms with E-state index in [2.05, 4.69) is 9.71 Å². The van der Waals surface area contributed by atoms with Crippen LogP contribution in [-0.2, 0) is 14.8 Å². The van der Waals surface area contributed by atoms with E-state index in [-0.39, 0.29) is 16.9 Å². The topological polar surface area (TPSA) is 88.6 Å². The first kappa shape index (κ1) is 17.7. The first-order chi connectivity index (χ1) is 11.7. The van der Waals surface area contributed by atoms with Gasteiger partial charge in [0.1, 0.15) is 11.9 Å².